The largest absolute Gasteiger partial charge is 0.342 e. The molecule has 0 N–H and O–H groups in total. The Morgan fingerprint density at radius 3 is 2.31 bits per heavy atom. The highest BCUT2D eigenvalue weighted by atomic mass is 79.9. The van der Waals surface area contributed by atoms with Gasteiger partial charge in [-0.05, 0) is 24.6 Å². The monoisotopic (exact) mass is 411 g/mol. The van der Waals surface area contributed by atoms with Gasteiger partial charge in [0.1, 0.15) is 0 Å². The average Bonchev–Trinajstić information content (AvgIpc) is 2.23. The van der Waals surface area contributed by atoms with Gasteiger partial charge in [0.15, 0.2) is 0 Å². The van der Waals surface area contributed by atoms with Crippen LogP contribution in [0.15, 0.2) is 27.1 Å². The SMILES string of the molecule is CN(CCCBr)C(=O)c1cc(Br)cc(Br)c1. The Kier molecular flexibility index (Phi) is 6.00. The summed E-state index contributed by atoms with van der Waals surface area (Å²) in [7, 11) is 1.82. The first kappa shape index (κ1) is 14.2. The first-order valence-electron chi connectivity index (χ1n) is 4.82. The van der Waals surface area contributed by atoms with Crippen molar-refractivity contribution < 1.29 is 4.79 Å². The minimum absolute atomic E-state index is 0.0444. The normalized spacial score (nSPS) is 10.2. The van der Waals surface area contributed by atoms with E-state index in [1.54, 1.807) is 4.90 Å². The van der Waals surface area contributed by atoms with E-state index in [1.165, 1.54) is 0 Å². The number of carbonyl (C=O) groups excluding carboxylic acids is 1. The standard InChI is InChI=1S/C11H12Br3NO/c1-15(4-2-3-12)11(16)8-5-9(13)7-10(14)6-8/h5-7H,2-4H2,1H3. The lowest BCUT2D eigenvalue weighted by molar-refractivity contribution is 0.0795. The summed E-state index contributed by atoms with van der Waals surface area (Å²) < 4.78 is 1.80. The van der Waals surface area contributed by atoms with E-state index in [1.807, 2.05) is 25.2 Å². The lowest BCUT2D eigenvalue weighted by Gasteiger charge is -2.16. The maximum Gasteiger partial charge on any atom is 0.253 e. The number of amides is 1. The van der Waals surface area contributed by atoms with Crippen LogP contribution in [0.2, 0.25) is 0 Å². The van der Waals surface area contributed by atoms with Crippen LogP contribution < -0.4 is 0 Å². The van der Waals surface area contributed by atoms with Gasteiger partial charge >= 0.3 is 0 Å². The number of hydrogen-bond acceptors (Lipinski definition) is 1. The molecule has 0 fully saturated rings. The van der Waals surface area contributed by atoms with E-state index in [9.17, 15) is 4.79 Å². The third-order valence-corrected chi connectivity index (χ3v) is 3.56. The highest BCUT2D eigenvalue weighted by Crippen LogP contribution is 2.20. The number of benzene rings is 1. The average molecular weight is 414 g/mol. The van der Waals surface area contributed by atoms with E-state index in [0.29, 0.717) is 5.56 Å². The van der Waals surface area contributed by atoms with E-state index >= 15 is 0 Å². The molecule has 0 unspecified atom stereocenters. The second-order valence-electron chi connectivity index (χ2n) is 3.43. The molecule has 1 aromatic rings. The quantitative estimate of drug-likeness (QED) is 0.681. The number of rotatable bonds is 4. The molecule has 1 rings (SSSR count). The second kappa shape index (κ2) is 6.77. The molecule has 1 amide bonds. The summed E-state index contributed by atoms with van der Waals surface area (Å²) in [6, 6.07) is 5.57. The lowest BCUT2D eigenvalue weighted by Crippen LogP contribution is -2.27. The minimum atomic E-state index is 0.0444. The van der Waals surface area contributed by atoms with Crippen LogP contribution >= 0.6 is 47.8 Å². The smallest absolute Gasteiger partial charge is 0.253 e. The van der Waals surface area contributed by atoms with E-state index < -0.39 is 0 Å². The van der Waals surface area contributed by atoms with Crippen molar-refractivity contribution in [3.05, 3.63) is 32.7 Å². The van der Waals surface area contributed by atoms with Gasteiger partial charge in [0.2, 0.25) is 0 Å². The Morgan fingerprint density at radius 1 is 1.25 bits per heavy atom. The van der Waals surface area contributed by atoms with Gasteiger partial charge < -0.3 is 4.90 Å². The molecule has 0 spiro atoms. The first-order valence-corrected chi connectivity index (χ1v) is 7.53. The zero-order valence-electron chi connectivity index (χ0n) is 8.84. The molecule has 0 atom stereocenters. The van der Waals surface area contributed by atoms with Gasteiger partial charge in [-0.3, -0.25) is 4.79 Å². The molecule has 0 aliphatic carbocycles. The molecule has 5 heteroatoms. The third-order valence-electron chi connectivity index (χ3n) is 2.08. The Hall–Kier alpha value is 0.130. The zero-order valence-corrected chi connectivity index (χ0v) is 13.6. The van der Waals surface area contributed by atoms with Crippen LogP contribution in [0.25, 0.3) is 0 Å². The maximum absolute atomic E-state index is 12.0. The van der Waals surface area contributed by atoms with Gasteiger partial charge in [-0.25, -0.2) is 0 Å². The summed E-state index contributed by atoms with van der Waals surface area (Å²) in [4.78, 5) is 13.8. The van der Waals surface area contributed by atoms with E-state index in [2.05, 4.69) is 47.8 Å². The predicted molar refractivity (Wildman–Crippen MR) is 77.2 cm³/mol. The number of alkyl halides is 1. The second-order valence-corrected chi connectivity index (χ2v) is 6.05. The van der Waals surface area contributed by atoms with Gasteiger partial charge in [-0.2, -0.15) is 0 Å². The molecule has 0 bridgehead atoms. The van der Waals surface area contributed by atoms with Crippen molar-refractivity contribution in [2.45, 2.75) is 6.42 Å². The summed E-state index contributed by atoms with van der Waals surface area (Å²) in [5, 5.41) is 0.910. The van der Waals surface area contributed by atoms with E-state index in [-0.39, 0.29) is 5.91 Å². The fourth-order valence-electron chi connectivity index (χ4n) is 1.30. The number of hydrogen-bond donors (Lipinski definition) is 0. The molecule has 0 saturated carbocycles. The third kappa shape index (κ3) is 4.18. The fourth-order valence-corrected chi connectivity index (χ4v) is 2.84. The van der Waals surface area contributed by atoms with Gasteiger partial charge in [0, 0.05) is 33.4 Å². The number of nitrogens with zero attached hydrogens (tertiary/aromatic N) is 1. The molecule has 2 nitrogen and oxygen atoms in total. The molecular weight excluding hydrogens is 402 g/mol. The Bertz CT molecular complexity index is 361. The summed E-state index contributed by atoms with van der Waals surface area (Å²) in [6.07, 6.45) is 0.956. The van der Waals surface area contributed by atoms with Crippen LogP contribution in [0, 0.1) is 0 Å². The molecule has 88 valence electrons. The number of halogens is 3. The van der Waals surface area contributed by atoms with Crippen LogP contribution in [-0.2, 0) is 0 Å². The van der Waals surface area contributed by atoms with Crippen molar-refractivity contribution in [3.8, 4) is 0 Å². The van der Waals surface area contributed by atoms with Gasteiger partial charge in [-0.15, -0.1) is 0 Å². The van der Waals surface area contributed by atoms with Crippen molar-refractivity contribution >= 4 is 53.7 Å². The van der Waals surface area contributed by atoms with Gasteiger partial charge in [-0.1, -0.05) is 47.8 Å². The summed E-state index contributed by atoms with van der Waals surface area (Å²) in [6.45, 7) is 0.758. The van der Waals surface area contributed by atoms with Crippen molar-refractivity contribution in [1.82, 2.24) is 4.90 Å². The highest BCUT2D eigenvalue weighted by molar-refractivity contribution is 9.11. The summed E-state index contributed by atoms with van der Waals surface area (Å²) in [5.74, 6) is 0.0444. The van der Waals surface area contributed by atoms with E-state index in [4.69, 9.17) is 0 Å². The van der Waals surface area contributed by atoms with Gasteiger partial charge in [0.25, 0.3) is 5.91 Å². The highest BCUT2D eigenvalue weighted by Gasteiger charge is 2.12. The summed E-state index contributed by atoms with van der Waals surface area (Å²) >= 11 is 10.1. The molecule has 0 aromatic heterocycles. The minimum Gasteiger partial charge on any atom is -0.342 e. The lowest BCUT2D eigenvalue weighted by atomic mass is 10.2. The predicted octanol–water partition coefficient (Wildman–Crippen LogP) is 4.07. The van der Waals surface area contributed by atoms with Gasteiger partial charge in [0.05, 0.1) is 0 Å². The van der Waals surface area contributed by atoms with Crippen LogP contribution in [0.1, 0.15) is 16.8 Å². The van der Waals surface area contributed by atoms with Crippen LogP contribution in [0.4, 0.5) is 0 Å². The van der Waals surface area contributed by atoms with Crippen LogP contribution in [0.3, 0.4) is 0 Å². The Balaban J connectivity index is 2.79. The van der Waals surface area contributed by atoms with Crippen LogP contribution in [0.5, 0.6) is 0 Å². The summed E-state index contributed by atoms with van der Waals surface area (Å²) in [5.41, 5.74) is 0.693. The molecule has 0 saturated heterocycles. The zero-order chi connectivity index (χ0) is 12.1. The van der Waals surface area contributed by atoms with Crippen molar-refractivity contribution in [1.29, 1.82) is 0 Å². The fraction of sp³-hybridized carbons (Fsp3) is 0.364. The molecule has 0 aliphatic heterocycles. The Labute approximate surface area is 121 Å². The molecule has 1 aromatic carbocycles. The maximum atomic E-state index is 12.0. The van der Waals surface area contributed by atoms with Crippen molar-refractivity contribution in [3.63, 3.8) is 0 Å². The molecule has 16 heavy (non-hydrogen) atoms. The number of carbonyl (C=O) groups is 1. The Morgan fingerprint density at radius 2 is 1.81 bits per heavy atom. The van der Waals surface area contributed by atoms with Crippen molar-refractivity contribution in [2.75, 3.05) is 18.9 Å². The molecular formula is C11H12Br3NO. The first-order chi connectivity index (χ1) is 7.54. The van der Waals surface area contributed by atoms with Crippen LogP contribution in [-0.4, -0.2) is 29.7 Å². The molecule has 0 radical (unpaired) electrons. The van der Waals surface area contributed by atoms with E-state index in [0.717, 1.165) is 27.2 Å². The molecule has 0 aliphatic rings. The van der Waals surface area contributed by atoms with Crippen molar-refractivity contribution in [2.24, 2.45) is 0 Å². The topological polar surface area (TPSA) is 20.3 Å². The molecule has 0 heterocycles.